The largest absolute Gasteiger partial charge is 0.381 e. The quantitative estimate of drug-likeness (QED) is 0.784. The average Bonchev–Trinajstić information content (AvgIpc) is 3.00. The van der Waals surface area contributed by atoms with E-state index in [-0.39, 0.29) is 0 Å². The van der Waals surface area contributed by atoms with Gasteiger partial charge in [0.25, 0.3) is 0 Å². The second kappa shape index (κ2) is 5.14. The summed E-state index contributed by atoms with van der Waals surface area (Å²) >= 11 is 0. The first-order chi connectivity index (χ1) is 8.42. The van der Waals surface area contributed by atoms with Crippen molar-refractivity contribution in [2.45, 2.75) is 25.3 Å². The Bertz CT molecular complexity index is 334. The zero-order valence-electron chi connectivity index (χ0n) is 10.2. The lowest BCUT2D eigenvalue weighted by molar-refractivity contribution is 0.0551. The van der Waals surface area contributed by atoms with E-state index in [9.17, 15) is 0 Å². The summed E-state index contributed by atoms with van der Waals surface area (Å²) in [6, 6.07) is 0.525. The van der Waals surface area contributed by atoms with Gasteiger partial charge in [0.2, 0.25) is 0 Å². The zero-order valence-corrected chi connectivity index (χ0v) is 10.2. The second-order valence-electron chi connectivity index (χ2n) is 5.14. The van der Waals surface area contributed by atoms with Gasteiger partial charge in [0.05, 0.1) is 12.2 Å². The Morgan fingerprint density at radius 3 is 2.88 bits per heavy atom. The van der Waals surface area contributed by atoms with Gasteiger partial charge in [-0.25, -0.2) is 4.68 Å². The molecule has 1 aromatic rings. The highest BCUT2D eigenvalue weighted by Crippen LogP contribution is 2.23. The third-order valence-electron chi connectivity index (χ3n) is 3.92. The van der Waals surface area contributed by atoms with Gasteiger partial charge in [0.1, 0.15) is 0 Å². The highest BCUT2D eigenvalue weighted by atomic mass is 16.5. The number of hydrogen-bond acceptors (Lipinski definition) is 4. The monoisotopic (exact) mass is 236 g/mol. The lowest BCUT2D eigenvalue weighted by Gasteiger charge is -2.26. The fraction of sp³-hybridized carbons (Fsp3) is 0.833. The summed E-state index contributed by atoms with van der Waals surface area (Å²) in [5.74, 6) is 0.832. The first-order valence-electron chi connectivity index (χ1n) is 6.58. The predicted octanol–water partition coefficient (Wildman–Crippen LogP) is 0.951. The molecule has 2 fully saturated rings. The number of likely N-dealkylation sites (tertiary alicyclic amines) is 1. The maximum atomic E-state index is 5.40. The van der Waals surface area contributed by atoms with Gasteiger partial charge in [-0.2, -0.15) is 0 Å². The molecule has 5 nitrogen and oxygen atoms in total. The van der Waals surface area contributed by atoms with Crippen LogP contribution in [0, 0.1) is 5.92 Å². The molecule has 2 saturated heterocycles. The van der Waals surface area contributed by atoms with Crippen LogP contribution in [0.15, 0.2) is 12.4 Å². The van der Waals surface area contributed by atoms with Crippen molar-refractivity contribution in [3.05, 3.63) is 12.4 Å². The maximum Gasteiger partial charge on any atom is 0.0693 e. The minimum Gasteiger partial charge on any atom is -0.381 e. The molecule has 3 heterocycles. The van der Waals surface area contributed by atoms with Gasteiger partial charge in [0, 0.05) is 39.0 Å². The Labute approximate surface area is 102 Å². The normalized spacial score (nSPS) is 27.6. The molecule has 0 saturated carbocycles. The van der Waals surface area contributed by atoms with E-state index in [2.05, 4.69) is 15.2 Å². The molecule has 94 valence electrons. The summed E-state index contributed by atoms with van der Waals surface area (Å²) in [5.41, 5.74) is 0. The van der Waals surface area contributed by atoms with Crippen molar-refractivity contribution in [1.82, 2.24) is 19.9 Å². The Kier molecular flexibility index (Phi) is 3.38. The van der Waals surface area contributed by atoms with Crippen LogP contribution < -0.4 is 0 Å². The SMILES string of the molecule is c1cn(C2CCN(CC3CCOCC3)C2)nn1. The van der Waals surface area contributed by atoms with Gasteiger partial charge in [-0.15, -0.1) is 5.10 Å². The molecular formula is C12H20N4O. The fourth-order valence-electron chi connectivity index (χ4n) is 2.90. The predicted molar refractivity (Wildman–Crippen MR) is 63.7 cm³/mol. The van der Waals surface area contributed by atoms with Crippen LogP contribution in [0.2, 0.25) is 0 Å². The molecule has 5 heteroatoms. The standard InChI is InChI=1S/C12H20N4O/c1-5-15(9-11-2-7-17-8-3-11)10-12(1)16-6-4-13-14-16/h4,6,11-12H,1-3,5,7-10H2. The van der Waals surface area contributed by atoms with Gasteiger partial charge in [-0.1, -0.05) is 5.21 Å². The first kappa shape index (κ1) is 11.2. The lowest BCUT2D eigenvalue weighted by Crippen LogP contribution is -2.31. The summed E-state index contributed by atoms with van der Waals surface area (Å²) in [7, 11) is 0. The van der Waals surface area contributed by atoms with E-state index in [1.807, 2.05) is 10.9 Å². The van der Waals surface area contributed by atoms with Crippen LogP contribution in [0.5, 0.6) is 0 Å². The van der Waals surface area contributed by atoms with Crippen molar-refractivity contribution >= 4 is 0 Å². The average molecular weight is 236 g/mol. The van der Waals surface area contributed by atoms with Gasteiger partial charge in [-0.05, 0) is 25.2 Å². The molecule has 0 bridgehead atoms. The summed E-state index contributed by atoms with van der Waals surface area (Å²) in [6.07, 6.45) is 7.39. The van der Waals surface area contributed by atoms with E-state index in [0.29, 0.717) is 6.04 Å². The van der Waals surface area contributed by atoms with Crippen molar-refractivity contribution in [2.75, 3.05) is 32.8 Å². The summed E-state index contributed by atoms with van der Waals surface area (Å²) in [6.45, 7) is 5.45. The maximum absolute atomic E-state index is 5.40. The third kappa shape index (κ3) is 2.66. The van der Waals surface area contributed by atoms with Crippen LogP contribution in [0.4, 0.5) is 0 Å². The molecule has 0 spiro atoms. The molecule has 3 rings (SSSR count). The van der Waals surface area contributed by atoms with E-state index in [4.69, 9.17) is 4.74 Å². The van der Waals surface area contributed by atoms with Crippen LogP contribution >= 0.6 is 0 Å². The molecule has 2 aliphatic heterocycles. The molecule has 1 aromatic heterocycles. The number of aromatic nitrogens is 3. The number of rotatable bonds is 3. The summed E-state index contributed by atoms with van der Waals surface area (Å²) in [4.78, 5) is 2.57. The zero-order chi connectivity index (χ0) is 11.5. The van der Waals surface area contributed by atoms with E-state index >= 15 is 0 Å². The minimum atomic E-state index is 0.525. The Morgan fingerprint density at radius 2 is 2.12 bits per heavy atom. The molecule has 1 atom stereocenters. The topological polar surface area (TPSA) is 43.2 Å². The van der Waals surface area contributed by atoms with E-state index in [1.54, 1.807) is 6.20 Å². The fourth-order valence-corrected chi connectivity index (χ4v) is 2.90. The van der Waals surface area contributed by atoms with Crippen LogP contribution in [0.25, 0.3) is 0 Å². The van der Waals surface area contributed by atoms with E-state index in [0.717, 1.165) is 25.7 Å². The van der Waals surface area contributed by atoms with Gasteiger partial charge >= 0.3 is 0 Å². The number of ether oxygens (including phenoxy) is 1. The molecule has 0 aromatic carbocycles. The molecule has 2 aliphatic rings. The van der Waals surface area contributed by atoms with E-state index < -0.39 is 0 Å². The van der Waals surface area contributed by atoms with Crippen LogP contribution in [0.3, 0.4) is 0 Å². The van der Waals surface area contributed by atoms with Crippen molar-refractivity contribution < 1.29 is 4.74 Å². The molecule has 0 radical (unpaired) electrons. The van der Waals surface area contributed by atoms with Crippen LogP contribution in [-0.4, -0.2) is 52.7 Å². The van der Waals surface area contributed by atoms with Gasteiger partial charge in [0.15, 0.2) is 0 Å². The highest BCUT2D eigenvalue weighted by Gasteiger charge is 2.26. The molecule has 0 amide bonds. The second-order valence-corrected chi connectivity index (χ2v) is 5.14. The van der Waals surface area contributed by atoms with Gasteiger partial charge in [-0.3, -0.25) is 0 Å². The third-order valence-corrected chi connectivity index (χ3v) is 3.92. The lowest BCUT2D eigenvalue weighted by atomic mass is 10.00. The molecule has 0 aliphatic carbocycles. The summed E-state index contributed by atoms with van der Waals surface area (Å²) < 4.78 is 7.41. The van der Waals surface area contributed by atoms with Crippen molar-refractivity contribution in [1.29, 1.82) is 0 Å². The van der Waals surface area contributed by atoms with Crippen LogP contribution in [0.1, 0.15) is 25.3 Å². The minimum absolute atomic E-state index is 0.525. The Hall–Kier alpha value is -0.940. The first-order valence-corrected chi connectivity index (χ1v) is 6.58. The molecule has 17 heavy (non-hydrogen) atoms. The number of hydrogen-bond donors (Lipinski definition) is 0. The van der Waals surface area contributed by atoms with Crippen molar-refractivity contribution in [2.24, 2.45) is 5.92 Å². The molecular weight excluding hydrogens is 216 g/mol. The smallest absolute Gasteiger partial charge is 0.0693 e. The Balaban J connectivity index is 1.50. The molecule has 0 N–H and O–H groups in total. The van der Waals surface area contributed by atoms with Crippen molar-refractivity contribution in [3.8, 4) is 0 Å². The van der Waals surface area contributed by atoms with Gasteiger partial charge < -0.3 is 9.64 Å². The van der Waals surface area contributed by atoms with E-state index in [1.165, 1.54) is 32.4 Å². The Morgan fingerprint density at radius 1 is 1.24 bits per heavy atom. The number of nitrogens with zero attached hydrogens (tertiary/aromatic N) is 4. The summed E-state index contributed by atoms with van der Waals surface area (Å²) in [5, 5.41) is 7.98. The highest BCUT2D eigenvalue weighted by molar-refractivity contribution is 4.83. The van der Waals surface area contributed by atoms with Crippen LogP contribution in [-0.2, 0) is 4.74 Å². The molecule has 1 unspecified atom stereocenters. The van der Waals surface area contributed by atoms with Crippen molar-refractivity contribution in [3.63, 3.8) is 0 Å².